The van der Waals surface area contributed by atoms with E-state index in [4.69, 9.17) is 15.4 Å². The summed E-state index contributed by atoms with van der Waals surface area (Å²) in [6.07, 6.45) is -1.14. The summed E-state index contributed by atoms with van der Waals surface area (Å²) in [7, 11) is 1.29. The zero-order chi connectivity index (χ0) is 12.0. The molecule has 1 rings (SSSR count). The lowest BCUT2D eigenvalue weighted by Crippen LogP contribution is -2.29. The third-order valence-corrected chi connectivity index (χ3v) is 2.11. The molecule has 0 aliphatic rings. The lowest BCUT2D eigenvalue weighted by atomic mass is 10.0. The highest BCUT2D eigenvalue weighted by Crippen LogP contribution is 2.22. The van der Waals surface area contributed by atoms with Gasteiger partial charge in [-0.2, -0.15) is 0 Å². The molecule has 2 unspecified atom stereocenters. The molecule has 6 nitrogen and oxygen atoms in total. The Balaban J connectivity index is 3.08. The molecule has 0 spiro atoms. The largest absolute Gasteiger partial charge is 0.479 e. The topological polar surface area (TPSA) is 96.8 Å². The average Bonchev–Trinajstić information content (AvgIpc) is 2.29. The molecule has 16 heavy (non-hydrogen) atoms. The van der Waals surface area contributed by atoms with Crippen molar-refractivity contribution in [3.8, 4) is 0 Å². The predicted molar refractivity (Wildman–Crippen MR) is 54.9 cm³/mol. The van der Waals surface area contributed by atoms with E-state index in [2.05, 4.69) is 10.0 Å². The molecule has 6 heteroatoms. The number of benzene rings is 1. The molecule has 2 atom stereocenters. The van der Waals surface area contributed by atoms with Gasteiger partial charge in [-0.3, -0.25) is 0 Å². The Hall–Kier alpha value is -2.04. The fourth-order valence-electron chi connectivity index (χ4n) is 1.38. The zero-order valence-corrected chi connectivity index (χ0v) is 8.70. The predicted octanol–water partition coefficient (Wildman–Crippen LogP) is 1.38. The molecule has 84 valence electrons. The molecule has 1 aromatic carbocycles. The van der Waals surface area contributed by atoms with Crippen LogP contribution in [0.4, 0.5) is 0 Å². The van der Waals surface area contributed by atoms with Gasteiger partial charge in [-0.05, 0) is 5.56 Å². The molecule has 0 heterocycles. The maximum Gasteiger partial charge on any atom is 0.335 e. The van der Waals surface area contributed by atoms with Gasteiger partial charge in [-0.1, -0.05) is 30.3 Å². The van der Waals surface area contributed by atoms with Crippen LogP contribution in [0.5, 0.6) is 0 Å². The van der Waals surface area contributed by atoms with E-state index in [9.17, 15) is 4.79 Å². The summed E-state index contributed by atoms with van der Waals surface area (Å²) in [5.41, 5.74) is 7.35. The summed E-state index contributed by atoms with van der Waals surface area (Å²) in [6, 6.07) is 7.96. The van der Waals surface area contributed by atoms with Crippen molar-refractivity contribution in [2.24, 2.45) is 5.11 Å². The van der Waals surface area contributed by atoms with E-state index in [1.54, 1.807) is 30.3 Å². The minimum atomic E-state index is -1.14. The number of carbonyl (C=O) groups is 1. The van der Waals surface area contributed by atoms with Crippen LogP contribution in [-0.4, -0.2) is 24.3 Å². The van der Waals surface area contributed by atoms with E-state index in [0.717, 1.165) is 0 Å². The highest BCUT2D eigenvalue weighted by Gasteiger charge is 2.33. The van der Waals surface area contributed by atoms with E-state index < -0.39 is 18.1 Å². The van der Waals surface area contributed by atoms with Crippen molar-refractivity contribution in [3.63, 3.8) is 0 Å². The first-order chi connectivity index (χ1) is 7.70. The number of carboxylic acids is 1. The Labute approximate surface area is 92.1 Å². The van der Waals surface area contributed by atoms with Crippen LogP contribution in [0, 0.1) is 5.53 Å². The van der Waals surface area contributed by atoms with Crippen LogP contribution in [-0.2, 0) is 9.53 Å². The van der Waals surface area contributed by atoms with Crippen molar-refractivity contribution in [2.45, 2.75) is 12.1 Å². The second-order valence-electron chi connectivity index (χ2n) is 3.07. The molecule has 0 aliphatic heterocycles. The number of nitrogens with one attached hydrogen (secondary N) is 1. The molecule has 0 saturated carbocycles. The van der Waals surface area contributed by atoms with Crippen molar-refractivity contribution < 1.29 is 14.6 Å². The first kappa shape index (κ1) is 12.0. The Morgan fingerprint density at radius 1 is 1.50 bits per heavy atom. The minimum absolute atomic E-state index is 0.646. The summed E-state index contributed by atoms with van der Waals surface area (Å²) >= 11 is 0. The Morgan fingerprint density at radius 3 is 2.56 bits per heavy atom. The van der Waals surface area contributed by atoms with Crippen LogP contribution in [0.2, 0.25) is 0 Å². The summed E-state index contributed by atoms with van der Waals surface area (Å²) in [4.78, 5) is 13.8. The molecule has 0 fully saturated rings. The lowest BCUT2D eigenvalue weighted by Gasteiger charge is -2.14. The molecule has 2 N–H and O–H groups in total. The number of aliphatic carboxylic acids is 1. The second kappa shape index (κ2) is 5.75. The smallest absolute Gasteiger partial charge is 0.335 e. The number of nitrogens with zero attached hydrogens (tertiary/aromatic N) is 2. The van der Waals surface area contributed by atoms with Crippen LogP contribution in [0.15, 0.2) is 35.4 Å². The van der Waals surface area contributed by atoms with Gasteiger partial charge in [0.25, 0.3) is 0 Å². The second-order valence-corrected chi connectivity index (χ2v) is 3.07. The molecule has 0 amide bonds. The Kier molecular flexibility index (Phi) is 4.32. The van der Waals surface area contributed by atoms with Crippen LogP contribution in [0.3, 0.4) is 0 Å². The average molecular weight is 222 g/mol. The van der Waals surface area contributed by atoms with Crippen molar-refractivity contribution in [1.29, 1.82) is 5.53 Å². The van der Waals surface area contributed by atoms with Crippen LogP contribution in [0.25, 0.3) is 0 Å². The van der Waals surface area contributed by atoms with Gasteiger partial charge in [-0.15, -0.1) is 0 Å². The molecule has 0 aromatic heterocycles. The van der Waals surface area contributed by atoms with Crippen molar-refractivity contribution in [1.82, 2.24) is 4.91 Å². The van der Waals surface area contributed by atoms with E-state index in [0.29, 0.717) is 5.56 Å². The third-order valence-electron chi connectivity index (χ3n) is 2.11. The number of ether oxygens (including phenoxy) is 1. The van der Waals surface area contributed by atoms with Crippen molar-refractivity contribution in [2.75, 3.05) is 7.11 Å². The summed E-state index contributed by atoms with van der Waals surface area (Å²) in [5, 5.41) is 12.5. The number of methoxy groups -OCH3 is 1. The van der Waals surface area contributed by atoms with Gasteiger partial charge in [0.2, 0.25) is 4.91 Å². The SMILES string of the molecule is COC(C(=O)O)C(N=[N+]=N)c1ccccc1. The molecule has 0 aliphatic carbocycles. The van der Waals surface area contributed by atoms with E-state index in [-0.39, 0.29) is 0 Å². The molecular weight excluding hydrogens is 210 g/mol. The highest BCUT2D eigenvalue weighted by atomic mass is 16.5. The van der Waals surface area contributed by atoms with Crippen LogP contribution in [0.1, 0.15) is 11.6 Å². The quantitative estimate of drug-likeness (QED) is 0.581. The summed E-state index contributed by atoms with van der Waals surface area (Å²) < 4.78 is 4.84. The number of rotatable bonds is 5. The van der Waals surface area contributed by atoms with Gasteiger partial charge >= 0.3 is 5.97 Å². The standard InChI is InChI=1S/C10H11N3O3/c1-16-9(10(14)15)8(12-13-11)7-5-3-2-4-6-7/h2-6,8-9,11H,1H3/p+1. The summed E-state index contributed by atoms with van der Waals surface area (Å²) in [6.45, 7) is 0. The van der Waals surface area contributed by atoms with E-state index in [1.807, 2.05) is 0 Å². The van der Waals surface area contributed by atoms with Gasteiger partial charge in [0.1, 0.15) is 10.6 Å². The van der Waals surface area contributed by atoms with Crippen molar-refractivity contribution >= 4 is 5.97 Å². The molecular formula is C10H12N3O3+. The third kappa shape index (κ3) is 2.73. The highest BCUT2D eigenvalue weighted by molar-refractivity contribution is 5.73. The molecule has 0 saturated heterocycles. The van der Waals surface area contributed by atoms with Gasteiger partial charge < -0.3 is 9.84 Å². The maximum absolute atomic E-state index is 10.9. The van der Waals surface area contributed by atoms with Gasteiger partial charge in [0.15, 0.2) is 12.1 Å². The molecule has 1 aromatic rings. The number of carboxylic acid groups (broad SMARTS) is 1. The molecule has 0 radical (unpaired) electrons. The Bertz CT molecular complexity index is 401. The summed E-state index contributed by atoms with van der Waals surface area (Å²) in [5.74, 6) is -1.14. The number of hydrogen-bond acceptors (Lipinski definition) is 4. The Morgan fingerprint density at radius 2 is 2.12 bits per heavy atom. The number of hydrogen-bond donors (Lipinski definition) is 2. The normalized spacial score (nSPS) is 13.6. The first-order valence-electron chi connectivity index (χ1n) is 4.57. The van der Waals surface area contributed by atoms with Gasteiger partial charge in [0.05, 0.1) is 0 Å². The first-order valence-corrected chi connectivity index (χ1v) is 4.57. The van der Waals surface area contributed by atoms with Crippen LogP contribution >= 0.6 is 0 Å². The fourth-order valence-corrected chi connectivity index (χ4v) is 1.38. The maximum atomic E-state index is 10.9. The van der Waals surface area contributed by atoms with Gasteiger partial charge in [-0.25, -0.2) is 4.79 Å². The van der Waals surface area contributed by atoms with Crippen molar-refractivity contribution in [3.05, 3.63) is 35.9 Å². The molecule has 0 bridgehead atoms. The zero-order valence-electron chi connectivity index (χ0n) is 8.70. The minimum Gasteiger partial charge on any atom is -0.479 e. The van der Waals surface area contributed by atoms with Crippen LogP contribution < -0.4 is 4.91 Å². The lowest BCUT2D eigenvalue weighted by molar-refractivity contribution is -0.149. The van der Waals surface area contributed by atoms with E-state index in [1.165, 1.54) is 7.11 Å². The monoisotopic (exact) mass is 222 g/mol. The fraction of sp³-hybridized carbons (Fsp3) is 0.300. The van der Waals surface area contributed by atoms with Gasteiger partial charge in [0, 0.05) is 7.11 Å². The van der Waals surface area contributed by atoms with E-state index >= 15 is 0 Å².